The maximum Gasteiger partial charge on any atom is 0.263 e. The molecule has 0 N–H and O–H groups in total. The van der Waals surface area contributed by atoms with Crippen molar-refractivity contribution in [2.24, 2.45) is 12.5 Å². The topological polar surface area (TPSA) is 45.5 Å². The number of carbonyl (C=O) groups excluding carboxylic acids is 1. The van der Waals surface area contributed by atoms with E-state index in [0.717, 1.165) is 43.4 Å². The summed E-state index contributed by atoms with van der Waals surface area (Å²) in [4.78, 5) is 30.2. The van der Waals surface area contributed by atoms with Crippen LogP contribution in [-0.2, 0) is 7.05 Å². The van der Waals surface area contributed by atoms with Gasteiger partial charge in [-0.3, -0.25) is 9.59 Å². The largest absolute Gasteiger partial charge is 0.338 e. The van der Waals surface area contributed by atoms with Crippen LogP contribution in [0, 0.1) is 5.41 Å². The van der Waals surface area contributed by atoms with Gasteiger partial charge < -0.3 is 14.4 Å². The van der Waals surface area contributed by atoms with Crippen LogP contribution in [0.1, 0.15) is 42.5 Å². The number of nitrogens with zero attached hydrogens (tertiary/aromatic N) is 3. The van der Waals surface area contributed by atoms with E-state index in [1.807, 2.05) is 29.2 Å². The Morgan fingerprint density at radius 1 is 0.963 bits per heavy atom. The number of fused-ring (bicyclic) bond motifs is 1. The quantitative estimate of drug-likeness (QED) is 0.779. The van der Waals surface area contributed by atoms with E-state index >= 15 is 0 Å². The van der Waals surface area contributed by atoms with Gasteiger partial charge in [-0.15, -0.1) is 0 Å². The molecule has 0 radical (unpaired) electrons. The molecule has 0 unspecified atom stereocenters. The van der Waals surface area contributed by atoms with Crippen LogP contribution in [0.2, 0.25) is 0 Å². The monoisotopic (exact) mass is 367 g/mol. The first-order valence-electron chi connectivity index (χ1n) is 10.1. The third-order valence-electron chi connectivity index (χ3n) is 6.75. The van der Waals surface area contributed by atoms with Gasteiger partial charge in [0.05, 0.1) is 5.52 Å². The second-order valence-corrected chi connectivity index (χ2v) is 8.43. The summed E-state index contributed by atoms with van der Waals surface area (Å²) in [7, 11) is 3.95. The summed E-state index contributed by atoms with van der Waals surface area (Å²) in [5, 5.41) is 0.934. The van der Waals surface area contributed by atoms with Gasteiger partial charge in [-0.05, 0) is 75.2 Å². The summed E-state index contributed by atoms with van der Waals surface area (Å²) >= 11 is 0. The van der Waals surface area contributed by atoms with Gasteiger partial charge in [-0.2, -0.15) is 0 Å². The van der Waals surface area contributed by atoms with Crippen molar-refractivity contribution in [3.05, 3.63) is 46.2 Å². The highest BCUT2D eigenvalue weighted by atomic mass is 16.2. The van der Waals surface area contributed by atoms with Crippen LogP contribution in [0.3, 0.4) is 0 Å². The van der Waals surface area contributed by atoms with E-state index in [9.17, 15) is 9.59 Å². The number of aromatic nitrogens is 1. The van der Waals surface area contributed by atoms with Crippen molar-refractivity contribution in [3.63, 3.8) is 0 Å². The van der Waals surface area contributed by atoms with E-state index in [1.54, 1.807) is 17.7 Å². The molecule has 27 heavy (non-hydrogen) atoms. The van der Waals surface area contributed by atoms with E-state index in [4.69, 9.17) is 0 Å². The number of benzene rings is 1. The maximum absolute atomic E-state index is 13.1. The van der Waals surface area contributed by atoms with Crippen molar-refractivity contribution in [3.8, 4) is 0 Å². The van der Waals surface area contributed by atoms with E-state index in [1.165, 1.54) is 25.8 Å². The van der Waals surface area contributed by atoms with Crippen molar-refractivity contribution < 1.29 is 4.79 Å². The molecule has 1 aromatic carbocycles. The molecule has 0 atom stereocenters. The average Bonchev–Trinajstić information content (AvgIpc) is 2.86. The number of aryl methyl sites for hydroxylation is 1. The number of rotatable bonds is 1. The highest BCUT2D eigenvalue weighted by Crippen LogP contribution is 2.41. The van der Waals surface area contributed by atoms with Crippen molar-refractivity contribution in [2.45, 2.75) is 32.1 Å². The molecule has 2 aliphatic rings. The number of pyridine rings is 1. The fraction of sp³-hybridized carbons (Fsp3) is 0.545. The Morgan fingerprint density at radius 2 is 1.67 bits per heavy atom. The van der Waals surface area contributed by atoms with Crippen LogP contribution in [0.15, 0.2) is 35.1 Å². The summed E-state index contributed by atoms with van der Waals surface area (Å²) in [6.07, 6.45) is 5.84. The molecule has 2 aromatic rings. The predicted octanol–water partition coefficient (Wildman–Crippen LogP) is 2.88. The predicted molar refractivity (Wildman–Crippen MR) is 108 cm³/mol. The first-order valence-corrected chi connectivity index (χ1v) is 10.1. The number of likely N-dealkylation sites (tertiary alicyclic amines) is 2. The third-order valence-corrected chi connectivity index (χ3v) is 6.75. The average molecular weight is 367 g/mol. The molecule has 1 spiro atoms. The standard InChI is InChI=1S/C22H29N3O2/c1-23-12-5-8-22(9-13-23)10-14-25(15-11-22)21(27)18-16-17-6-3-4-7-19(17)24(2)20(18)26/h3-4,6-7,16H,5,8-15H2,1-2H3. The zero-order valence-electron chi connectivity index (χ0n) is 16.4. The van der Waals surface area contributed by atoms with Crippen molar-refractivity contribution in [1.82, 2.24) is 14.4 Å². The summed E-state index contributed by atoms with van der Waals surface area (Å²) in [5.74, 6) is -0.109. The van der Waals surface area contributed by atoms with Crippen molar-refractivity contribution >= 4 is 16.8 Å². The first-order chi connectivity index (χ1) is 13.0. The second kappa shape index (κ2) is 7.12. The lowest BCUT2D eigenvalue weighted by Gasteiger charge is -2.41. The molecule has 0 bridgehead atoms. The summed E-state index contributed by atoms with van der Waals surface area (Å²) in [6, 6.07) is 9.49. The van der Waals surface area contributed by atoms with Gasteiger partial charge in [-0.25, -0.2) is 0 Å². The Hall–Kier alpha value is -2.14. The molecule has 2 saturated heterocycles. The first kappa shape index (κ1) is 18.2. The fourth-order valence-electron chi connectivity index (χ4n) is 4.82. The smallest absolute Gasteiger partial charge is 0.263 e. The van der Waals surface area contributed by atoms with Crippen LogP contribution in [-0.4, -0.2) is 53.5 Å². The van der Waals surface area contributed by atoms with Gasteiger partial charge in [0.25, 0.3) is 11.5 Å². The number of hydrogen-bond acceptors (Lipinski definition) is 3. The highest BCUT2D eigenvalue weighted by Gasteiger charge is 2.37. The number of hydrogen-bond donors (Lipinski definition) is 0. The van der Waals surface area contributed by atoms with Crippen LogP contribution >= 0.6 is 0 Å². The summed E-state index contributed by atoms with van der Waals surface area (Å²) in [6.45, 7) is 3.85. The Morgan fingerprint density at radius 3 is 2.44 bits per heavy atom. The lowest BCUT2D eigenvalue weighted by atomic mass is 9.73. The van der Waals surface area contributed by atoms with Gasteiger partial charge in [0.1, 0.15) is 5.56 Å². The minimum atomic E-state index is -0.199. The molecule has 1 aromatic heterocycles. The van der Waals surface area contributed by atoms with Crippen LogP contribution < -0.4 is 5.56 Å². The molecular weight excluding hydrogens is 338 g/mol. The minimum Gasteiger partial charge on any atom is -0.338 e. The normalized spacial score (nSPS) is 20.7. The Labute approximate surface area is 160 Å². The number of amides is 1. The highest BCUT2D eigenvalue weighted by molar-refractivity contribution is 5.97. The van der Waals surface area contributed by atoms with E-state index < -0.39 is 0 Å². The van der Waals surface area contributed by atoms with E-state index in [0.29, 0.717) is 11.0 Å². The Kier molecular flexibility index (Phi) is 4.81. The van der Waals surface area contributed by atoms with Gasteiger partial charge in [0.15, 0.2) is 0 Å². The lowest BCUT2D eigenvalue weighted by molar-refractivity contribution is 0.0541. The fourth-order valence-corrected chi connectivity index (χ4v) is 4.82. The van der Waals surface area contributed by atoms with Crippen LogP contribution in [0.25, 0.3) is 10.9 Å². The molecule has 0 aliphatic carbocycles. The molecular formula is C22H29N3O2. The molecule has 5 heteroatoms. The van der Waals surface area contributed by atoms with Gasteiger partial charge in [-0.1, -0.05) is 18.2 Å². The molecule has 1 amide bonds. The van der Waals surface area contributed by atoms with Gasteiger partial charge in [0, 0.05) is 20.1 Å². The Bertz CT molecular complexity index is 909. The molecule has 5 nitrogen and oxygen atoms in total. The SMILES string of the molecule is CN1CCCC2(CC1)CCN(C(=O)c1cc3ccccc3n(C)c1=O)CC2. The molecule has 144 valence electrons. The van der Waals surface area contributed by atoms with Crippen LogP contribution in [0.4, 0.5) is 0 Å². The second-order valence-electron chi connectivity index (χ2n) is 8.43. The zero-order chi connectivity index (χ0) is 19.0. The molecule has 3 heterocycles. The number of piperidine rings is 1. The molecule has 2 fully saturated rings. The van der Waals surface area contributed by atoms with Crippen molar-refractivity contribution in [1.29, 1.82) is 0 Å². The molecule has 4 rings (SSSR count). The van der Waals surface area contributed by atoms with E-state index in [-0.39, 0.29) is 11.5 Å². The van der Waals surface area contributed by atoms with Gasteiger partial charge >= 0.3 is 0 Å². The minimum absolute atomic E-state index is 0.109. The lowest BCUT2D eigenvalue weighted by Crippen LogP contribution is -2.45. The van der Waals surface area contributed by atoms with Crippen molar-refractivity contribution in [2.75, 3.05) is 33.2 Å². The number of carbonyl (C=O) groups is 1. The third kappa shape index (κ3) is 3.41. The molecule has 2 aliphatic heterocycles. The molecule has 0 saturated carbocycles. The van der Waals surface area contributed by atoms with E-state index in [2.05, 4.69) is 11.9 Å². The maximum atomic E-state index is 13.1. The summed E-state index contributed by atoms with van der Waals surface area (Å²) < 4.78 is 1.59. The number of para-hydroxylation sites is 1. The Balaban J connectivity index is 1.54. The van der Waals surface area contributed by atoms with Crippen LogP contribution in [0.5, 0.6) is 0 Å². The summed E-state index contributed by atoms with van der Waals surface area (Å²) in [5.41, 5.74) is 1.35. The van der Waals surface area contributed by atoms with Gasteiger partial charge in [0.2, 0.25) is 0 Å². The zero-order valence-corrected chi connectivity index (χ0v) is 16.4.